The standard InChI is InChI=1S/C16H18N2.C15H21ClFN3O/c1-2-7-16(11-14(16)5-1)13-6-3-4-12(10-13)15-17-8-9-18-15;16-13-11-12(5-6-14(13)17)19-15(21)18-7-1-2-8-20-9-3-4-10-20/h3-4,6,8-10,14H,1-2,5,7,11H2,(H,17,18);5-6,11H,1-4,7-10H2,(H2,18,19,21). The first-order valence-corrected chi connectivity index (χ1v) is 14.7. The number of hydrogen-bond donors (Lipinski definition) is 3. The average Bonchev–Trinajstić information content (AvgIpc) is 3.26. The van der Waals surface area contributed by atoms with Crippen molar-refractivity contribution < 1.29 is 9.18 Å². The van der Waals surface area contributed by atoms with Crippen LogP contribution in [0.1, 0.15) is 63.4 Å². The molecule has 1 aromatic heterocycles. The summed E-state index contributed by atoms with van der Waals surface area (Å²) in [6.07, 6.45) is 15.4. The summed E-state index contributed by atoms with van der Waals surface area (Å²) < 4.78 is 13.0. The first-order chi connectivity index (χ1) is 19.0. The second kappa shape index (κ2) is 13.0. The van der Waals surface area contributed by atoms with Gasteiger partial charge >= 0.3 is 6.03 Å². The van der Waals surface area contributed by atoms with E-state index in [4.69, 9.17) is 11.6 Å². The van der Waals surface area contributed by atoms with Gasteiger partial charge in [-0.3, -0.25) is 0 Å². The largest absolute Gasteiger partial charge is 0.345 e. The zero-order chi connectivity index (χ0) is 27.1. The number of aromatic nitrogens is 2. The summed E-state index contributed by atoms with van der Waals surface area (Å²) in [5.41, 5.74) is 3.78. The van der Waals surface area contributed by atoms with E-state index in [1.807, 2.05) is 12.4 Å². The van der Waals surface area contributed by atoms with E-state index in [1.165, 1.54) is 81.8 Å². The molecule has 0 radical (unpaired) electrons. The van der Waals surface area contributed by atoms with Crippen molar-refractivity contribution in [1.82, 2.24) is 20.2 Å². The Hall–Kier alpha value is -2.90. The highest BCUT2D eigenvalue weighted by Gasteiger charge is 2.55. The molecule has 3 fully saturated rings. The number of rotatable bonds is 8. The van der Waals surface area contributed by atoms with Crippen molar-refractivity contribution >= 4 is 23.3 Å². The highest BCUT2D eigenvalue weighted by molar-refractivity contribution is 6.31. The molecule has 2 aliphatic carbocycles. The maximum Gasteiger partial charge on any atom is 0.319 e. The summed E-state index contributed by atoms with van der Waals surface area (Å²) in [6, 6.07) is 12.8. The van der Waals surface area contributed by atoms with Gasteiger partial charge in [-0.15, -0.1) is 0 Å². The number of benzene rings is 2. The normalized spacial score (nSPS) is 21.9. The van der Waals surface area contributed by atoms with Crippen molar-refractivity contribution in [3.8, 4) is 11.4 Å². The second-order valence-corrected chi connectivity index (χ2v) is 11.5. The van der Waals surface area contributed by atoms with Crippen LogP contribution in [0.4, 0.5) is 14.9 Å². The molecule has 208 valence electrons. The van der Waals surface area contributed by atoms with Gasteiger partial charge in [0.1, 0.15) is 11.6 Å². The fourth-order valence-electron chi connectivity index (χ4n) is 6.21. The van der Waals surface area contributed by atoms with E-state index in [1.54, 1.807) is 5.56 Å². The Labute approximate surface area is 235 Å². The lowest BCUT2D eigenvalue weighted by Gasteiger charge is -2.22. The molecule has 3 N–H and O–H groups in total. The molecule has 2 aromatic carbocycles. The number of nitrogens with one attached hydrogen (secondary N) is 3. The number of carbonyl (C=O) groups excluding carboxylic acids is 1. The van der Waals surface area contributed by atoms with Crippen LogP contribution >= 0.6 is 11.6 Å². The summed E-state index contributed by atoms with van der Waals surface area (Å²) in [4.78, 5) is 21.7. The number of nitrogens with zero attached hydrogens (tertiary/aromatic N) is 2. The van der Waals surface area contributed by atoms with Gasteiger partial charge in [-0.25, -0.2) is 14.2 Å². The third-order valence-corrected chi connectivity index (χ3v) is 8.72. The zero-order valence-electron chi connectivity index (χ0n) is 22.5. The van der Waals surface area contributed by atoms with Crippen LogP contribution in [0.25, 0.3) is 11.4 Å². The highest BCUT2D eigenvalue weighted by Crippen LogP contribution is 2.62. The molecular formula is C31H39ClFN5O. The predicted molar refractivity (Wildman–Crippen MR) is 156 cm³/mol. The number of anilines is 1. The van der Waals surface area contributed by atoms with E-state index >= 15 is 0 Å². The van der Waals surface area contributed by atoms with Crippen LogP contribution in [0.2, 0.25) is 5.02 Å². The molecule has 2 heterocycles. The molecule has 0 spiro atoms. The SMILES string of the molecule is O=C(NCCCCN1CCCC1)Nc1ccc(F)c(Cl)c1.c1cc(-c2ncc[nH]2)cc(C23CCCCC2C3)c1. The number of fused-ring (bicyclic) bond motifs is 1. The number of likely N-dealkylation sites (tertiary alicyclic amines) is 1. The summed E-state index contributed by atoms with van der Waals surface area (Å²) in [6.45, 7) is 4.16. The molecule has 6 nitrogen and oxygen atoms in total. The molecule has 2 unspecified atom stereocenters. The average molecular weight is 552 g/mol. The van der Waals surface area contributed by atoms with Crippen LogP contribution in [-0.2, 0) is 5.41 Å². The van der Waals surface area contributed by atoms with Crippen molar-refractivity contribution in [3.05, 3.63) is 71.3 Å². The first kappa shape index (κ1) is 27.7. The number of carbonyl (C=O) groups is 1. The lowest BCUT2D eigenvalue weighted by molar-refractivity contribution is 0.251. The van der Waals surface area contributed by atoms with E-state index in [9.17, 15) is 9.18 Å². The molecule has 2 saturated carbocycles. The minimum atomic E-state index is -0.496. The molecule has 8 heteroatoms. The Balaban J connectivity index is 0.000000159. The van der Waals surface area contributed by atoms with Crippen molar-refractivity contribution in [3.63, 3.8) is 0 Å². The van der Waals surface area contributed by atoms with Gasteiger partial charge in [0, 0.05) is 30.2 Å². The summed E-state index contributed by atoms with van der Waals surface area (Å²) >= 11 is 5.65. The van der Waals surface area contributed by atoms with Gasteiger partial charge in [-0.2, -0.15) is 0 Å². The summed E-state index contributed by atoms with van der Waals surface area (Å²) in [5.74, 6) is 1.45. The van der Waals surface area contributed by atoms with Crippen molar-refractivity contribution in [1.29, 1.82) is 0 Å². The van der Waals surface area contributed by atoms with Gasteiger partial charge < -0.3 is 20.5 Å². The van der Waals surface area contributed by atoms with Crippen LogP contribution in [0.5, 0.6) is 0 Å². The van der Waals surface area contributed by atoms with E-state index in [0.29, 0.717) is 17.6 Å². The highest BCUT2D eigenvalue weighted by atomic mass is 35.5. The van der Waals surface area contributed by atoms with Crippen LogP contribution < -0.4 is 10.6 Å². The lowest BCUT2D eigenvalue weighted by atomic mass is 9.82. The fraction of sp³-hybridized carbons (Fsp3) is 0.484. The Bertz CT molecular complexity index is 1230. The number of hydrogen-bond acceptors (Lipinski definition) is 3. The molecule has 1 saturated heterocycles. The molecule has 2 amide bonds. The predicted octanol–water partition coefficient (Wildman–Crippen LogP) is 7.39. The summed E-state index contributed by atoms with van der Waals surface area (Å²) in [7, 11) is 0. The number of halogens is 2. The van der Waals surface area contributed by atoms with Crippen LogP contribution in [0, 0.1) is 11.7 Å². The molecule has 39 heavy (non-hydrogen) atoms. The lowest BCUT2D eigenvalue weighted by Crippen LogP contribution is -2.30. The Morgan fingerprint density at radius 2 is 2.00 bits per heavy atom. The molecule has 1 aliphatic heterocycles. The van der Waals surface area contributed by atoms with Crippen molar-refractivity contribution in [2.45, 2.75) is 63.2 Å². The number of amides is 2. The minimum Gasteiger partial charge on any atom is -0.345 e. The number of urea groups is 1. The number of aromatic amines is 1. The van der Waals surface area contributed by atoms with Crippen molar-refractivity contribution in [2.24, 2.45) is 5.92 Å². The number of imidazole rings is 1. The van der Waals surface area contributed by atoms with Gasteiger partial charge in [-0.05, 0) is 106 Å². The molecule has 0 bridgehead atoms. The topological polar surface area (TPSA) is 73.1 Å². The monoisotopic (exact) mass is 551 g/mol. The van der Waals surface area contributed by atoms with E-state index in [-0.39, 0.29) is 11.1 Å². The van der Waals surface area contributed by atoms with Crippen molar-refractivity contribution in [2.75, 3.05) is 31.5 Å². The van der Waals surface area contributed by atoms with E-state index in [2.05, 4.69) is 49.8 Å². The quantitative estimate of drug-likeness (QED) is 0.256. The third kappa shape index (κ3) is 7.20. The third-order valence-electron chi connectivity index (χ3n) is 8.43. The molecule has 3 aromatic rings. The fourth-order valence-corrected chi connectivity index (χ4v) is 6.39. The summed E-state index contributed by atoms with van der Waals surface area (Å²) in [5, 5.41) is 5.41. The Morgan fingerprint density at radius 1 is 1.13 bits per heavy atom. The number of H-pyrrole nitrogens is 1. The zero-order valence-corrected chi connectivity index (χ0v) is 23.3. The maximum atomic E-state index is 13.0. The van der Waals surface area contributed by atoms with Crippen LogP contribution in [0.3, 0.4) is 0 Å². The van der Waals surface area contributed by atoms with E-state index in [0.717, 1.165) is 31.1 Å². The van der Waals surface area contributed by atoms with Crippen LogP contribution in [0.15, 0.2) is 54.9 Å². The number of unbranched alkanes of at least 4 members (excludes halogenated alkanes) is 1. The van der Waals surface area contributed by atoms with Gasteiger partial charge in [0.05, 0.1) is 5.02 Å². The molecule has 6 rings (SSSR count). The van der Waals surface area contributed by atoms with Gasteiger partial charge in [0.15, 0.2) is 0 Å². The second-order valence-electron chi connectivity index (χ2n) is 11.1. The smallest absolute Gasteiger partial charge is 0.319 e. The minimum absolute atomic E-state index is 0.00147. The maximum absolute atomic E-state index is 13.0. The van der Waals surface area contributed by atoms with Gasteiger partial charge in [0.2, 0.25) is 0 Å². The molecular weight excluding hydrogens is 513 g/mol. The molecule has 3 aliphatic rings. The van der Waals surface area contributed by atoms with Gasteiger partial charge in [0.25, 0.3) is 0 Å². The Kier molecular flexibility index (Phi) is 9.20. The van der Waals surface area contributed by atoms with E-state index < -0.39 is 5.82 Å². The van der Waals surface area contributed by atoms with Crippen LogP contribution in [-0.4, -0.2) is 47.1 Å². The molecule has 2 atom stereocenters. The Morgan fingerprint density at radius 3 is 2.77 bits per heavy atom. The van der Waals surface area contributed by atoms with Gasteiger partial charge in [-0.1, -0.05) is 42.6 Å². The first-order valence-electron chi connectivity index (χ1n) is 14.4.